The maximum Gasteiger partial charge on any atom is 0.119 e. The second kappa shape index (κ2) is 5.89. The van der Waals surface area contributed by atoms with E-state index in [-0.39, 0.29) is 0 Å². The number of nitrogens with zero attached hydrogens (tertiary/aromatic N) is 1. The van der Waals surface area contributed by atoms with Crippen LogP contribution in [0.3, 0.4) is 0 Å². The SMILES string of the molecule is COc1ccc(OCCN(C)C2CNC2)cc1. The van der Waals surface area contributed by atoms with Gasteiger partial charge >= 0.3 is 0 Å². The van der Waals surface area contributed by atoms with Gasteiger partial charge < -0.3 is 14.8 Å². The molecule has 0 amide bonds. The van der Waals surface area contributed by atoms with Crippen molar-refractivity contribution in [2.45, 2.75) is 6.04 Å². The summed E-state index contributed by atoms with van der Waals surface area (Å²) in [4.78, 5) is 2.33. The van der Waals surface area contributed by atoms with E-state index in [1.54, 1.807) is 7.11 Å². The van der Waals surface area contributed by atoms with E-state index < -0.39 is 0 Å². The molecule has 0 aromatic heterocycles. The van der Waals surface area contributed by atoms with Gasteiger partial charge in [0.1, 0.15) is 18.1 Å². The van der Waals surface area contributed by atoms with Crippen molar-refractivity contribution in [3.63, 3.8) is 0 Å². The minimum atomic E-state index is 0.675. The fourth-order valence-corrected chi connectivity index (χ4v) is 1.75. The number of likely N-dealkylation sites (N-methyl/N-ethyl adjacent to an activating group) is 1. The van der Waals surface area contributed by atoms with Gasteiger partial charge in [-0.05, 0) is 31.3 Å². The Morgan fingerprint density at radius 3 is 2.41 bits per heavy atom. The third-order valence-electron chi connectivity index (χ3n) is 3.16. The predicted molar refractivity (Wildman–Crippen MR) is 67.8 cm³/mol. The largest absolute Gasteiger partial charge is 0.497 e. The predicted octanol–water partition coefficient (Wildman–Crippen LogP) is 0.978. The number of hydrogen-bond donors (Lipinski definition) is 1. The lowest BCUT2D eigenvalue weighted by molar-refractivity contribution is 0.151. The number of nitrogens with one attached hydrogen (secondary N) is 1. The van der Waals surface area contributed by atoms with Gasteiger partial charge in [-0.15, -0.1) is 0 Å². The van der Waals surface area contributed by atoms with Crippen LogP contribution in [0.25, 0.3) is 0 Å². The van der Waals surface area contributed by atoms with E-state index in [4.69, 9.17) is 9.47 Å². The molecule has 2 rings (SSSR count). The highest BCUT2D eigenvalue weighted by molar-refractivity contribution is 5.31. The van der Waals surface area contributed by atoms with Crippen molar-refractivity contribution in [1.29, 1.82) is 0 Å². The van der Waals surface area contributed by atoms with Crippen LogP contribution in [0.5, 0.6) is 11.5 Å². The molecule has 1 saturated heterocycles. The molecule has 1 aromatic carbocycles. The minimum Gasteiger partial charge on any atom is -0.497 e. The van der Waals surface area contributed by atoms with Crippen molar-refractivity contribution in [2.75, 3.05) is 40.4 Å². The molecule has 0 radical (unpaired) electrons. The average Bonchev–Trinajstić information content (AvgIpc) is 2.27. The quantitative estimate of drug-likeness (QED) is 0.798. The number of hydrogen-bond acceptors (Lipinski definition) is 4. The van der Waals surface area contributed by atoms with Gasteiger partial charge in [-0.25, -0.2) is 0 Å². The van der Waals surface area contributed by atoms with Crippen LogP contribution < -0.4 is 14.8 Å². The number of methoxy groups -OCH3 is 1. The Labute approximate surface area is 103 Å². The maximum absolute atomic E-state index is 5.68. The van der Waals surface area contributed by atoms with Crippen molar-refractivity contribution >= 4 is 0 Å². The van der Waals surface area contributed by atoms with E-state index in [9.17, 15) is 0 Å². The Morgan fingerprint density at radius 1 is 1.24 bits per heavy atom. The summed E-state index contributed by atoms with van der Waals surface area (Å²) in [6, 6.07) is 8.37. The zero-order valence-electron chi connectivity index (χ0n) is 10.5. The topological polar surface area (TPSA) is 33.7 Å². The van der Waals surface area contributed by atoms with Crippen LogP contribution in [0, 0.1) is 0 Å². The Balaban J connectivity index is 1.69. The van der Waals surface area contributed by atoms with Gasteiger partial charge in [0.05, 0.1) is 7.11 Å². The number of ether oxygens (including phenoxy) is 2. The highest BCUT2D eigenvalue weighted by atomic mass is 16.5. The first-order valence-corrected chi connectivity index (χ1v) is 5.97. The minimum absolute atomic E-state index is 0.675. The van der Waals surface area contributed by atoms with Gasteiger partial charge in [-0.1, -0.05) is 0 Å². The molecule has 94 valence electrons. The molecule has 4 nitrogen and oxygen atoms in total. The van der Waals surface area contributed by atoms with E-state index in [1.807, 2.05) is 24.3 Å². The highest BCUT2D eigenvalue weighted by Gasteiger charge is 2.20. The summed E-state index contributed by atoms with van der Waals surface area (Å²) in [7, 11) is 3.81. The molecule has 0 atom stereocenters. The normalized spacial score (nSPS) is 15.7. The molecule has 4 heteroatoms. The summed E-state index contributed by atoms with van der Waals surface area (Å²) >= 11 is 0. The van der Waals surface area contributed by atoms with Crippen LogP contribution in [0.15, 0.2) is 24.3 Å². The molecule has 1 fully saturated rings. The van der Waals surface area contributed by atoms with Crippen molar-refractivity contribution < 1.29 is 9.47 Å². The number of benzene rings is 1. The van der Waals surface area contributed by atoms with Crippen LogP contribution in [0.4, 0.5) is 0 Å². The molecule has 0 unspecified atom stereocenters. The Hall–Kier alpha value is -1.26. The molecule has 0 aliphatic carbocycles. The summed E-state index contributed by atoms with van der Waals surface area (Å²) in [5.74, 6) is 1.75. The van der Waals surface area contributed by atoms with Gasteiger partial charge in [0, 0.05) is 25.7 Å². The first kappa shape index (κ1) is 12.2. The van der Waals surface area contributed by atoms with Crippen molar-refractivity contribution in [3.8, 4) is 11.5 Å². The molecule has 0 spiro atoms. The van der Waals surface area contributed by atoms with Gasteiger partial charge in [0.2, 0.25) is 0 Å². The zero-order valence-corrected chi connectivity index (χ0v) is 10.5. The summed E-state index contributed by atoms with van der Waals surface area (Å²) in [5, 5.41) is 3.27. The molecule has 1 aliphatic rings. The second-order valence-electron chi connectivity index (χ2n) is 4.32. The Morgan fingerprint density at radius 2 is 1.88 bits per heavy atom. The monoisotopic (exact) mass is 236 g/mol. The Bertz CT molecular complexity index is 336. The lowest BCUT2D eigenvalue weighted by Gasteiger charge is -2.35. The van der Waals surface area contributed by atoms with Crippen LogP contribution in [0.1, 0.15) is 0 Å². The standard InChI is InChI=1S/C13H20N2O2/c1-15(11-9-14-10-11)7-8-17-13-5-3-12(16-2)4-6-13/h3-6,11,14H,7-10H2,1-2H3. The molecular weight excluding hydrogens is 216 g/mol. The maximum atomic E-state index is 5.68. The van der Waals surface area contributed by atoms with Crippen molar-refractivity contribution in [2.24, 2.45) is 0 Å². The van der Waals surface area contributed by atoms with Gasteiger partial charge in [0.15, 0.2) is 0 Å². The average molecular weight is 236 g/mol. The first-order chi connectivity index (χ1) is 8.29. The van der Waals surface area contributed by atoms with Crippen LogP contribution >= 0.6 is 0 Å². The summed E-state index contributed by atoms with van der Waals surface area (Å²) in [6.45, 7) is 3.87. The van der Waals surface area contributed by atoms with Gasteiger partial charge in [0.25, 0.3) is 0 Å². The van der Waals surface area contributed by atoms with E-state index in [0.717, 1.165) is 37.7 Å². The first-order valence-electron chi connectivity index (χ1n) is 5.97. The van der Waals surface area contributed by atoms with Crippen molar-refractivity contribution in [1.82, 2.24) is 10.2 Å². The third kappa shape index (κ3) is 3.35. The van der Waals surface area contributed by atoms with E-state index in [1.165, 1.54) is 0 Å². The molecule has 1 aliphatic heterocycles. The van der Waals surface area contributed by atoms with Crippen LogP contribution in [-0.4, -0.2) is 51.3 Å². The molecule has 1 N–H and O–H groups in total. The summed E-state index contributed by atoms with van der Waals surface area (Å²) in [6.07, 6.45) is 0. The van der Waals surface area contributed by atoms with Gasteiger partial charge in [-0.3, -0.25) is 4.90 Å². The molecular formula is C13H20N2O2. The zero-order chi connectivity index (χ0) is 12.1. The van der Waals surface area contributed by atoms with Gasteiger partial charge in [-0.2, -0.15) is 0 Å². The fraction of sp³-hybridized carbons (Fsp3) is 0.538. The molecule has 17 heavy (non-hydrogen) atoms. The van der Waals surface area contributed by atoms with Crippen molar-refractivity contribution in [3.05, 3.63) is 24.3 Å². The third-order valence-corrected chi connectivity index (χ3v) is 3.16. The van der Waals surface area contributed by atoms with Crippen LogP contribution in [-0.2, 0) is 0 Å². The smallest absolute Gasteiger partial charge is 0.119 e. The highest BCUT2D eigenvalue weighted by Crippen LogP contribution is 2.16. The fourth-order valence-electron chi connectivity index (χ4n) is 1.75. The molecule has 0 bridgehead atoms. The van der Waals surface area contributed by atoms with E-state index >= 15 is 0 Å². The lowest BCUT2D eigenvalue weighted by atomic mass is 10.1. The van der Waals surface area contributed by atoms with E-state index in [2.05, 4.69) is 17.3 Å². The summed E-state index contributed by atoms with van der Waals surface area (Å²) in [5.41, 5.74) is 0. The van der Waals surface area contributed by atoms with Crippen LogP contribution in [0.2, 0.25) is 0 Å². The number of rotatable bonds is 6. The molecule has 1 aromatic rings. The Kier molecular flexibility index (Phi) is 4.23. The molecule has 0 saturated carbocycles. The molecule has 1 heterocycles. The summed E-state index contributed by atoms with van der Waals surface area (Å²) < 4.78 is 10.8. The second-order valence-corrected chi connectivity index (χ2v) is 4.32. The van der Waals surface area contributed by atoms with E-state index in [0.29, 0.717) is 6.04 Å². The lowest BCUT2D eigenvalue weighted by Crippen LogP contribution is -2.56.